The van der Waals surface area contributed by atoms with E-state index in [0.29, 0.717) is 5.56 Å². The van der Waals surface area contributed by atoms with E-state index in [1.807, 2.05) is 19.1 Å². The summed E-state index contributed by atoms with van der Waals surface area (Å²) in [6.45, 7) is 8.98. The van der Waals surface area contributed by atoms with E-state index >= 15 is 0 Å². The predicted molar refractivity (Wildman–Crippen MR) is 136 cm³/mol. The molecule has 0 saturated heterocycles. The van der Waals surface area contributed by atoms with Gasteiger partial charge in [0.25, 0.3) is 5.91 Å². The summed E-state index contributed by atoms with van der Waals surface area (Å²) in [5.74, 6) is -1.83. The first-order valence-corrected chi connectivity index (χ1v) is 12.0. The Morgan fingerprint density at radius 1 is 1.14 bits per heavy atom. The average Bonchev–Trinajstić information content (AvgIpc) is 2.79. The van der Waals surface area contributed by atoms with Crippen LogP contribution in [0.1, 0.15) is 58.2 Å². The standard InChI is InChI=1S/C25H35N3O6S/c1-7-17-10-12-18(13-11-17)21(22(30)26-15-14-20(29)33-9-3)28(8-2)23(31)19(16-35)27-24(32)34-25(4,5)6/h2,10-13,19,21,35H,7,9,14-16H2,1,3-6H3,(H,26,30)(H,27,32). The lowest BCUT2D eigenvalue weighted by molar-refractivity contribution is -0.143. The van der Waals surface area contributed by atoms with E-state index in [2.05, 4.69) is 29.3 Å². The van der Waals surface area contributed by atoms with Crippen molar-refractivity contribution >= 4 is 36.5 Å². The average molecular weight is 506 g/mol. The van der Waals surface area contributed by atoms with Gasteiger partial charge in [-0.05, 0) is 45.2 Å². The van der Waals surface area contributed by atoms with E-state index in [-0.39, 0.29) is 25.3 Å². The van der Waals surface area contributed by atoms with Crippen molar-refractivity contribution in [3.8, 4) is 12.5 Å². The normalized spacial score (nSPS) is 12.5. The van der Waals surface area contributed by atoms with Crippen molar-refractivity contribution in [2.75, 3.05) is 18.9 Å². The fraction of sp³-hybridized carbons (Fsp3) is 0.520. The zero-order valence-corrected chi connectivity index (χ0v) is 21.8. The van der Waals surface area contributed by atoms with E-state index in [1.165, 1.54) is 0 Å². The molecule has 10 heteroatoms. The van der Waals surface area contributed by atoms with Crippen LogP contribution in [0.5, 0.6) is 0 Å². The highest BCUT2D eigenvalue weighted by Crippen LogP contribution is 2.23. The van der Waals surface area contributed by atoms with E-state index in [4.69, 9.17) is 15.9 Å². The molecular formula is C25H35N3O6S. The maximum atomic E-state index is 13.3. The zero-order chi connectivity index (χ0) is 26.6. The molecule has 0 aromatic heterocycles. The molecule has 1 aromatic carbocycles. The molecule has 0 aliphatic carbocycles. The van der Waals surface area contributed by atoms with Gasteiger partial charge in [0.1, 0.15) is 17.7 Å². The number of amides is 3. The summed E-state index contributed by atoms with van der Waals surface area (Å²) < 4.78 is 10.1. The summed E-state index contributed by atoms with van der Waals surface area (Å²) in [6.07, 6.45) is 5.61. The van der Waals surface area contributed by atoms with Crippen LogP contribution in [0.3, 0.4) is 0 Å². The van der Waals surface area contributed by atoms with Crippen LogP contribution in [0.15, 0.2) is 24.3 Å². The van der Waals surface area contributed by atoms with Gasteiger partial charge in [0.2, 0.25) is 5.91 Å². The Bertz CT molecular complexity index is 921. The van der Waals surface area contributed by atoms with Gasteiger partial charge in [-0.15, -0.1) is 0 Å². The summed E-state index contributed by atoms with van der Waals surface area (Å²) in [7, 11) is 0. The molecule has 2 N–H and O–H groups in total. The number of alkyl carbamates (subject to hydrolysis) is 1. The molecule has 3 amide bonds. The maximum absolute atomic E-state index is 13.3. The Hall–Kier alpha value is -3.19. The molecule has 1 rings (SSSR count). The minimum Gasteiger partial charge on any atom is -0.466 e. The second kappa shape index (κ2) is 14.3. The Balaban J connectivity index is 3.19. The molecule has 0 aliphatic heterocycles. The maximum Gasteiger partial charge on any atom is 0.408 e. The summed E-state index contributed by atoms with van der Waals surface area (Å²) >= 11 is 4.17. The van der Waals surface area contributed by atoms with Gasteiger partial charge in [0.05, 0.1) is 13.0 Å². The Labute approximate surface area is 212 Å². The van der Waals surface area contributed by atoms with Gasteiger partial charge in [0, 0.05) is 18.3 Å². The van der Waals surface area contributed by atoms with Gasteiger partial charge >= 0.3 is 12.1 Å². The van der Waals surface area contributed by atoms with Gasteiger partial charge in [-0.1, -0.05) is 37.6 Å². The second-order valence-corrected chi connectivity index (χ2v) is 8.93. The summed E-state index contributed by atoms with van der Waals surface area (Å²) in [5, 5.41) is 5.09. The minimum atomic E-state index is -1.21. The number of esters is 1. The van der Waals surface area contributed by atoms with Crippen LogP contribution in [-0.4, -0.2) is 59.3 Å². The molecule has 0 spiro atoms. The lowest BCUT2D eigenvalue weighted by Crippen LogP contribution is -2.52. The molecule has 0 saturated carbocycles. The molecule has 0 bridgehead atoms. The van der Waals surface area contributed by atoms with Crippen molar-refractivity contribution in [2.45, 2.75) is 65.1 Å². The van der Waals surface area contributed by atoms with Gasteiger partial charge in [-0.25, -0.2) is 4.79 Å². The number of thiol groups is 1. The van der Waals surface area contributed by atoms with E-state index in [9.17, 15) is 19.2 Å². The highest BCUT2D eigenvalue weighted by Gasteiger charge is 2.35. The fourth-order valence-corrected chi connectivity index (χ4v) is 3.29. The predicted octanol–water partition coefficient (Wildman–Crippen LogP) is 2.60. The van der Waals surface area contributed by atoms with Crippen molar-refractivity contribution in [3.05, 3.63) is 35.4 Å². The Morgan fingerprint density at radius 2 is 1.77 bits per heavy atom. The van der Waals surface area contributed by atoms with Crippen LogP contribution in [-0.2, 0) is 30.3 Å². The third kappa shape index (κ3) is 9.91. The number of benzene rings is 1. The molecule has 1 aromatic rings. The third-order valence-electron chi connectivity index (χ3n) is 4.69. The Kier molecular flexibility index (Phi) is 12.2. The number of carbonyl (C=O) groups is 4. The van der Waals surface area contributed by atoms with Crippen molar-refractivity contribution < 1.29 is 28.7 Å². The SMILES string of the molecule is C#CN(C(=O)C(CS)NC(=O)OC(C)(C)C)C(C(=O)NCCC(=O)OCC)c1ccc(CC)cc1. The molecule has 0 radical (unpaired) electrons. The summed E-state index contributed by atoms with van der Waals surface area (Å²) in [5.41, 5.74) is 0.730. The van der Waals surface area contributed by atoms with Crippen LogP contribution in [0.4, 0.5) is 4.79 Å². The lowest BCUT2D eigenvalue weighted by Gasteiger charge is -2.30. The molecule has 192 valence electrons. The smallest absolute Gasteiger partial charge is 0.408 e. The molecule has 0 fully saturated rings. The zero-order valence-electron chi connectivity index (χ0n) is 20.9. The largest absolute Gasteiger partial charge is 0.466 e. The van der Waals surface area contributed by atoms with Gasteiger partial charge in [-0.2, -0.15) is 12.6 Å². The minimum absolute atomic E-state index is 0.0000326. The van der Waals surface area contributed by atoms with E-state index in [0.717, 1.165) is 16.9 Å². The van der Waals surface area contributed by atoms with Gasteiger partial charge in [-0.3, -0.25) is 19.3 Å². The van der Waals surface area contributed by atoms with Crippen LogP contribution >= 0.6 is 12.6 Å². The number of rotatable bonds is 11. The number of terminal acetylenes is 1. The molecule has 0 aliphatic rings. The number of hydrogen-bond acceptors (Lipinski definition) is 7. The van der Waals surface area contributed by atoms with Gasteiger partial charge < -0.3 is 20.1 Å². The number of nitrogens with one attached hydrogen (secondary N) is 2. The Morgan fingerprint density at radius 3 is 2.26 bits per heavy atom. The van der Waals surface area contributed by atoms with Crippen molar-refractivity contribution in [2.24, 2.45) is 0 Å². The molecule has 0 heterocycles. The first kappa shape index (κ1) is 29.8. The first-order chi connectivity index (χ1) is 16.5. The van der Waals surface area contributed by atoms with E-state index < -0.39 is 41.6 Å². The first-order valence-electron chi connectivity index (χ1n) is 11.4. The molecule has 9 nitrogen and oxygen atoms in total. The monoisotopic (exact) mass is 505 g/mol. The van der Waals surface area contributed by atoms with Crippen LogP contribution in [0, 0.1) is 12.5 Å². The van der Waals surface area contributed by atoms with Crippen molar-refractivity contribution in [1.29, 1.82) is 0 Å². The van der Waals surface area contributed by atoms with Crippen LogP contribution in [0.25, 0.3) is 0 Å². The molecule has 2 unspecified atom stereocenters. The second-order valence-electron chi connectivity index (χ2n) is 8.56. The highest BCUT2D eigenvalue weighted by molar-refractivity contribution is 7.80. The van der Waals surface area contributed by atoms with Crippen LogP contribution < -0.4 is 10.6 Å². The van der Waals surface area contributed by atoms with E-state index in [1.54, 1.807) is 39.8 Å². The molecular weight excluding hydrogens is 470 g/mol. The third-order valence-corrected chi connectivity index (χ3v) is 5.06. The van der Waals surface area contributed by atoms with Crippen molar-refractivity contribution in [1.82, 2.24) is 15.5 Å². The lowest BCUT2D eigenvalue weighted by atomic mass is 10.0. The molecule has 2 atom stereocenters. The fourth-order valence-electron chi connectivity index (χ4n) is 3.04. The summed E-state index contributed by atoms with van der Waals surface area (Å²) in [6, 6.07) is 7.02. The number of ether oxygens (including phenoxy) is 2. The number of aryl methyl sites for hydroxylation is 1. The van der Waals surface area contributed by atoms with Gasteiger partial charge in [0.15, 0.2) is 0 Å². The van der Waals surface area contributed by atoms with Crippen molar-refractivity contribution in [3.63, 3.8) is 0 Å². The van der Waals surface area contributed by atoms with Crippen LogP contribution in [0.2, 0.25) is 0 Å². The highest BCUT2D eigenvalue weighted by atomic mass is 32.1. The summed E-state index contributed by atoms with van der Waals surface area (Å²) in [4.78, 5) is 51.3. The topological polar surface area (TPSA) is 114 Å². The number of hydrogen-bond donors (Lipinski definition) is 3. The quantitative estimate of drug-likeness (QED) is 0.184. The number of nitrogens with zero attached hydrogens (tertiary/aromatic N) is 1. The number of carbonyl (C=O) groups excluding carboxylic acids is 4. The molecule has 35 heavy (non-hydrogen) atoms.